The van der Waals surface area contributed by atoms with Crippen molar-refractivity contribution in [3.8, 4) is 5.88 Å². The van der Waals surface area contributed by atoms with Crippen LogP contribution in [0.15, 0.2) is 76.5 Å². The van der Waals surface area contributed by atoms with E-state index in [1.54, 1.807) is 31.2 Å². The number of ether oxygens (including phenoxy) is 1. The van der Waals surface area contributed by atoms with E-state index in [-0.39, 0.29) is 23.7 Å². The highest BCUT2D eigenvalue weighted by Crippen LogP contribution is 2.10. The fraction of sp³-hybridized carbons (Fsp3) is 0.100. The third-order valence-electron chi connectivity index (χ3n) is 3.52. The number of para-hydroxylation sites is 1. The SMILES string of the molecule is CCOc1cc(=O)[nH]c(N=C(NC(=O)c2ccccc2)Nc2ccccc2)n1. The summed E-state index contributed by atoms with van der Waals surface area (Å²) in [7, 11) is 0. The van der Waals surface area contributed by atoms with E-state index < -0.39 is 5.56 Å². The number of hydrogen-bond donors (Lipinski definition) is 3. The summed E-state index contributed by atoms with van der Waals surface area (Å²) >= 11 is 0. The molecule has 1 aromatic heterocycles. The molecule has 0 atom stereocenters. The minimum absolute atomic E-state index is 0.00254. The van der Waals surface area contributed by atoms with Gasteiger partial charge in [0.1, 0.15) is 0 Å². The van der Waals surface area contributed by atoms with E-state index in [0.717, 1.165) is 0 Å². The highest BCUT2D eigenvalue weighted by atomic mass is 16.5. The molecule has 0 bridgehead atoms. The summed E-state index contributed by atoms with van der Waals surface area (Å²) in [5, 5.41) is 5.71. The van der Waals surface area contributed by atoms with Gasteiger partial charge in [-0.2, -0.15) is 9.98 Å². The molecule has 0 fully saturated rings. The van der Waals surface area contributed by atoms with Crippen LogP contribution < -0.4 is 20.9 Å². The predicted molar refractivity (Wildman–Crippen MR) is 107 cm³/mol. The summed E-state index contributed by atoms with van der Waals surface area (Å²) in [6, 6.07) is 19.1. The first kappa shape index (κ1) is 18.8. The van der Waals surface area contributed by atoms with Crippen molar-refractivity contribution in [2.45, 2.75) is 6.92 Å². The molecule has 0 aliphatic heterocycles. The summed E-state index contributed by atoms with van der Waals surface area (Å²) < 4.78 is 5.27. The highest BCUT2D eigenvalue weighted by Gasteiger charge is 2.10. The average molecular weight is 377 g/mol. The number of aromatic nitrogens is 2. The summed E-state index contributed by atoms with van der Waals surface area (Å²) in [4.78, 5) is 35.2. The Morgan fingerprint density at radius 2 is 1.79 bits per heavy atom. The molecule has 3 aromatic rings. The number of carbonyl (C=O) groups is 1. The van der Waals surface area contributed by atoms with Gasteiger partial charge < -0.3 is 10.1 Å². The lowest BCUT2D eigenvalue weighted by Gasteiger charge is -2.11. The third-order valence-corrected chi connectivity index (χ3v) is 3.52. The van der Waals surface area contributed by atoms with Crippen molar-refractivity contribution in [1.82, 2.24) is 15.3 Å². The molecule has 8 nitrogen and oxygen atoms in total. The largest absolute Gasteiger partial charge is 0.478 e. The predicted octanol–water partition coefficient (Wildman–Crippen LogP) is 2.70. The number of anilines is 1. The monoisotopic (exact) mass is 377 g/mol. The van der Waals surface area contributed by atoms with Crippen molar-refractivity contribution < 1.29 is 9.53 Å². The molecule has 0 aliphatic rings. The smallest absolute Gasteiger partial charge is 0.257 e. The zero-order chi connectivity index (χ0) is 19.8. The van der Waals surface area contributed by atoms with Crippen LogP contribution in [-0.4, -0.2) is 28.4 Å². The molecule has 0 saturated heterocycles. The Morgan fingerprint density at radius 3 is 2.46 bits per heavy atom. The molecule has 0 saturated carbocycles. The van der Waals surface area contributed by atoms with Crippen molar-refractivity contribution in [2.75, 3.05) is 11.9 Å². The lowest BCUT2D eigenvalue weighted by molar-refractivity contribution is 0.0977. The van der Waals surface area contributed by atoms with Gasteiger partial charge in [-0.3, -0.25) is 19.9 Å². The van der Waals surface area contributed by atoms with Crippen LogP contribution in [0.1, 0.15) is 17.3 Å². The van der Waals surface area contributed by atoms with Crippen LogP contribution in [-0.2, 0) is 0 Å². The van der Waals surface area contributed by atoms with Gasteiger partial charge in [-0.1, -0.05) is 36.4 Å². The molecule has 0 radical (unpaired) electrons. The Morgan fingerprint density at radius 1 is 1.11 bits per heavy atom. The number of nitrogens with one attached hydrogen (secondary N) is 3. The number of nitrogens with zero attached hydrogens (tertiary/aromatic N) is 2. The van der Waals surface area contributed by atoms with Gasteiger partial charge in [-0.05, 0) is 31.2 Å². The van der Waals surface area contributed by atoms with E-state index >= 15 is 0 Å². The lowest BCUT2D eigenvalue weighted by Crippen LogP contribution is -2.36. The molecule has 3 N–H and O–H groups in total. The normalized spacial score (nSPS) is 11.0. The number of H-pyrrole nitrogens is 1. The van der Waals surface area contributed by atoms with Gasteiger partial charge in [0, 0.05) is 11.3 Å². The Balaban J connectivity index is 1.92. The second-order valence-electron chi connectivity index (χ2n) is 5.61. The molecule has 1 amide bonds. The van der Waals surface area contributed by atoms with Gasteiger partial charge in [0.15, 0.2) is 0 Å². The maximum Gasteiger partial charge on any atom is 0.257 e. The summed E-state index contributed by atoms with van der Waals surface area (Å²) in [6.07, 6.45) is 0. The first-order valence-electron chi connectivity index (χ1n) is 8.65. The van der Waals surface area contributed by atoms with Gasteiger partial charge in [0.2, 0.25) is 17.8 Å². The quantitative estimate of drug-likeness (QED) is 0.468. The molecule has 0 unspecified atom stereocenters. The number of rotatable bonds is 5. The number of carbonyl (C=O) groups excluding carboxylic acids is 1. The molecule has 0 aliphatic carbocycles. The van der Waals surface area contributed by atoms with Crippen LogP contribution in [0, 0.1) is 0 Å². The Labute approximate surface area is 161 Å². The molecule has 142 valence electrons. The van der Waals surface area contributed by atoms with Crippen molar-refractivity contribution >= 4 is 23.5 Å². The minimum Gasteiger partial charge on any atom is -0.478 e. The van der Waals surface area contributed by atoms with Crippen LogP contribution in [0.4, 0.5) is 11.6 Å². The molecule has 3 rings (SSSR count). The van der Waals surface area contributed by atoms with E-state index in [2.05, 4.69) is 25.6 Å². The molecule has 28 heavy (non-hydrogen) atoms. The maximum absolute atomic E-state index is 12.5. The zero-order valence-corrected chi connectivity index (χ0v) is 15.2. The molecular formula is C20H19N5O3. The summed E-state index contributed by atoms with van der Waals surface area (Å²) in [5.41, 5.74) is 0.762. The van der Waals surface area contributed by atoms with Gasteiger partial charge in [-0.15, -0.1) is 0 Å². The van der Waals surface area contributed by atoms with Crippen LogP contribution in [0.3, 0.4) is 0 Å². The average Bonchev–Trinajstić information content (AvgIpc) is 2.69. The van der Waals surface area contributed by atoms with Crippen LogP contribution in [0.25, 0.3) is 0 Å². The Bertz CT molecular complexity index is 1020. The lowest BCUT2D eigenvalue weighted by atomic mass is 10.2. The van der Waals surface area contributed by atoms with Crippen molar-refractivity contribution in [3.05, 3.63) is 82.6 Å². The van der Waals surface area contributed by atoms with E-state index in [1.807, 2.05) is 36.4 Å². The van der Waals surface area contributed by atoms with Crippen molar-refractivity contribution in [3.63, 3.8) is 0 Å². The van der Waals surface area contributed by atoms with Gasteiger partial charge >= 0.3 is 0 Å². The molecule has 1 heterocycles. The summed E-state index contributed by atoms with van der Waals surface area (Å²) in [6.45, 7) is 2.15. The number of aliphatic imine (C=N–C) groups is 1. The van der Waals surface area contributed by atoms with E-state index in [9.17, 15) is 9.59 Å². The highest BCUT2D eigenvalue weighted by molar-refractivity contribution is 6.10. The Kier molecular flexibility index (Phi) is 6.14. The number of aromatic amines is 1. The topological polar surface area (TPSA) is 108 Å². The molecule has 8 heteroatoms. The third kappa shape index (κ3) is 5.28. The Hall–Kier alpha value is -3.94. The number of guanidine groups is 1. The molecular weight excluding hydrogens is 358 g/mol. The minimum atomic E-state index is -0.411. The van der Waals surface area contributed by atoms with Gasteiger partial charge in [0.05, 0.1) is 12.7 Å². The van der Waals surface area contributed by atoms with Crippen molar-refractivity contribution in [1.29, 1.82) is 0 Å². The van der Waals surface area contributed by atoms with Crippen LogP contribution in [0.5, 0.6) is 5.88 Å². The standard InChI is InChI=1S/C20H19N5O3/c1-2-28-17-13-16(26)22-20(23-17)25-19(21-15-11-7-4-8-12-15)24-18(27)14-9-5-3-6-10-14/h3-13H,2H2,1H3,(H3,21,22,23,24,25,26,27). The first-order valence-corrected chi connectivity index (χ1v) is 8.65. The number of hydrogen-bond acceptors (Lipinski definition) is 5. The second kappa shape index (κ2) is 9.13. The number of benzene rings is 2. The molecule has 0 spiro atoms. The van der Waals surface area contributed by atoms with E-state index in [0.29, 0.717) is 17.9 Å². The fourth-order valence-corrected chi connectivity index (χ4v) is 2.32. The summed E-state index contributed by atoms with van der Waals surface area (Å²) in [5.74, 6) is -0.0934. The fourth-order valence-electron chi connectivity index (χ4n) is 2.32. The van der Waals surface area contributed by atoms with E-state index in [4.69, 9.17) is 4.74 Å². The number of amides is 1. The van der Waals surface area contributed by atoms with Crippen LogP contribution in [0.2, 0.25) is 0 Å². The van der Waals surface area contributed by atoms with E-state index in [1.165, 1.54) is 6.07 Å². The van der Waals surface area contributed by atoms with Crippen LogP contribution >= 0.6 is 0 Å². The molecule has 2 aromatic carbocycles. The first-order chi connectivity index (χ1) is 13.6. The van der Waals surface area contributed by atoms with Gasteiger partial charge in [-0.25, -0.2) is 0 Å². The maximum atomic E-state index is 12.5. The van der Waals surface area contributed by atoms with Crippen molar-refractivity contribution in [2.24, 2.45) is 4.99 Å². The van der Waals surface area contributed by atoms with Gasteiger partial charge in [0.25, 0.3) is 11.5 Å². The zero-order valence-electron chi connectivity index (χ0n) is 15.2. The second-order valence-corrected chi connectivity index (χ2v) is 5.61.